The summed E-state index contributed by atoms with van der Waals surface area (Å²) in [5.74, 6) is 0.156. The number of amides is 1. The van der Waals surface area contributed by atoms with E-state index in [0.717, 1.165) is 33.7 Å². The number of aryl methyl sites for hydroxylation is 1. The minimum Gasteiger partial charge on any atom is -0.351 e. The molecule has 0 radical (unpaired) electrons. The van der Waals surface area contributed by atoms with Crippen LogP contribution in [0.1, 0.15) is 36.3 Å². The number of fused-ring (bicyclic) bond motifs is 1. The van der Waals surface area contributed by atoms with Crippen LogP contribution in [0, 0.1) is 18.7 Å². The number of aromatic amines is 1. The van der Waals surface area contributed by atoms with Gasteiger partial charge in [0, 0.05) is 11.4 Å². The van der Waals surface area contributed by atoms with Crippen molar-refractivity contribution in [1.82, 2.24) is 15.3 Å². The fourth-order valence-corrected chi connectivity index (χ4v) is 4.75. The maximum absolute atomic E-state index is 12.9. The van der Waals surface area contributed by atoms with Crippen LogP contribution in [0.25, 0.3) is 10.2 Å². The van der Waals surface area contributed by atoms with E-state index in [1.165, 1.54) is 35.2 Å². The first-order valence-corrected chi connectivity index (χ1v) is 11.3. The van der Waals surface area contributed by atoms with E-state index in [2.05, 4.69) is 29.1 Å². The first kappa shape index (κ1) is 21.5. The van der Waals surface area contributed by atoms with Gasteiger partial charge in [0.2, 0.25) is 5.91 Å². The molecule has 0 saturated carbocycles. The monoisotopic (exact) mass is 433 g/mol. The van der Waals surface area contributed by atoms with Crippen molar-refractivity contribution in [3.63, 3.8) is 0 Å². The Bertz CT molecular complexity index is 1060. The van der Waals surface area contributed by atoms with Crippen molar-refractivity contribution in [1.29, 1.82) is 0 Å². The van der Waals surface area contributed by atoms with E-state index < -0.39 is 0 Å². The van der Waals surface area contributed by atoms with Crippen molar-refractivity contribution >= 4 is 39.2 Å². The highest BCUT2D eigenvalue weighted by Gasteiger charge is 2.17. The Morgan fingerprint density at radius 2 is 2.07 bits per heavy atom. The van der Waals surface area contributed by atoms with Gasteiger partial charge in [-0.2, -0.15) is 0 Å². The molecule has 0 aliphatic rings. The van der Waals surface area contributed by atoms with Crippen LogP contribution in [-0.2, 0) is 17.8 Å². The van der Waals surface area contributed by atoms with Gasteiger partial charge in [0.25, 0.3) is 5.56 Å². The first-order valence-electron chi connectivity index (χ1n) is 9.53. The Kier molecular flexibility index (Phi) is 7.08. The van der Waals surface area contributed by atoms with Crippen molar-refractivity contribution in [3.8, 4) is 0 Å². The smallest absolute Gasteiger partial charge is 0.260 e. The second-order valence-electron chi connectivity index (χ2n) is 7.10. The molecule has 0 bridgehead atoms. The number of carbonyl (C=O) groups is 1. The number of carbonyl (C=O) groups excluding carboxylic acids is 1. The van der Waals surface area contributed by atoms with E-state index in [9.17, 15) is 14.0 Å². The summed E-state index contributed by atoms with van der Waals surface area (Å²) in [5.41, 5.74) is 1.76. The molecule has 0 spiro atoms. The lowest BCUT2D eigenvalue weighted by Gasteiger charge is -2.08. The van der Waals surface area contributed by atoms with Gasteiger partial charge in [0.05, 0.1) is 11.1 Å². The van der Waals surface area contributed by atoms with Crippen LogP contribution < -0.4 is 10.9 Å². The molecule has 3 aromatic rings. The van der Waals surface area contributed by atoms with Crippen LogP contribution in [0.15, 0.2) is 34.2 Å². The highest BCUT2D eigenvalue weighted by molar-refractivity contribution is 7.99. The zero-order valence-corrected chi connectivity index (χ0v) is 18.3. The Hall–Kier alpha value is -2.19. The summed E-state index contributed by atoms with van der Waals surface area (Å²) in [6.45, 7) is 6.68. The zero-order chi connectivity index (χ0) is 21.0. The lowest BCUT2D eigenvalue weighted by molar-refractivity contribution is -0.118. The molecular formula is C21H24FN3O2S2. The topological polar surface area (TPSA) is 74.8 Å². The maximum atomic E-state index is 12.9. The highest BCUT2D eigenvalue weighted by Crippen LogP contribution is 2.30. The molecule has 2 heterocycles. The zero-order valence-electron chi connectivity index (χ0n) is 16.7. The number of thiophene rings is 1. The van der Waals surface area contributed by atoms with Crippen molar-refractivity contribution in [2.45, 2.75) is 45.3 Å². The molecule has 1 unspecified atom stereocenters. The van der Waals surface area contributed by atoms with E-state index in [4.69, 9.17) is 0 Å². The summed E-state index contributed by atoms with van der Waals surface area (Å²) in [4.78, 5) is 34.0. The Morgan fingerprint density at radius 1 is 1.34 bits per heavy atom. The number of halogens is 1. The van der Waals surface area contributed by atoms with E-state index in [1.807, 2.05) is 6.92 Å². The van der Waals surface area contributed by atoms with E-state index in [-0.39, 0.29) is 23.0 Å². The predicted molar refractivity (Wildman–Crippen MR) is 117 cm³/mol. The number of nitrogens with one attached hydrogen (secondary N) is 2. The fourth-order valence-electron chi connectivity index (χ4n) is 2.95. The fraction of sp³-hybridized carbons (Fsp3) is 0.381. The normalized spacial score (nSPS) is 12.3. The van der Waals surface area contributed by atoms with Gasteiger partial charge in [0.15, 0.2) is 5.16 Å². The number of benzene rings is 1. The van der Waals surface area contributed by atoms with Crippen LogP contribution in [0.2, 0.25) is 0 Å². The van der Waals surface area contributed by atoms with E-state index >= 15 is 0 Å². The SMILES string of the molecule is CCC(C)Cc1c(C)sc2nc(SCC(=O)NCc3ccc(F)cc3)[nH]c(=O)c12. The van der Waals surface area contributed by atoms with Gasteiger partial charge in [-0.1, -0.05) is 44.2 Å². The molecule has 2 N–H and O–H groups in total. The molecule has 3 rings (SSSR count). The minimum absolute atomic E-state index is 0.139. The summed E-state index contributed by atoms with van der Waals surface area (Å²) >= 11 is 2.72. The average Bonchev–Trinajstić information content (AvgIpc) is 3.01. The second kappa shape index (κ2) is 9.54. The third-order valence-electron chi connectivity index (χ3n) is 4.83. The summed E-state index contributed by atoms with van der Waals surface area (Å²) in [6.07, 6.45) is 1.93. The Morgan fingerprint density at radius 3 is 2.76 bits per heavy atom. The molecule has 2 aromatic heterocycles. The lowest BCUT2D eigenvalue weighted by Crippen LogP contribution is -2.24. The van der Waals surface area contributed by atoms with E-state index in [1.54, 1.807) is 12.1 Å². The number of aromatic nitrogens is 2. The third-order valence-corrected chi connectivity index (χ3v) is 6.75. The standard InChI is InChI=1S/C21H24FN3O2S2/c1-4-12(2)9-16-13(3)29-20-18(16)19(27)24-21(25-20)28-11-17(26)23-10-14-5-7-15(22)8-6-14/h5-8,12H,4,9-11H2,1-3H3,(H,23,26)(H,24,25,27). The molecule has 8 heteroatoms. The van der Waals surface area contributed by atoms with Gasteiger partial charge in [-0.15, -0.1) is 11.3 Å². The van der Waals surface area contributed by atoms with Gasteiger partial charge in [-0.3, -0.25) is 9.59 Å². The largest absolute Gasteiger partial charge is 0.351 e. The molecule has 0 aliphatic heterocycles. The van der Waals surface area contributed by atoms with Gasteiger partial charge in [0.1, 0.15) is 10.6 Å². The van der Waals surface area contributed by atoms with Crippen LogP contribution in [0.4, 0.5) is 4.39 Å². The van der Waals surface area contributed by atoms with Crippen molar-refractivity contribution in [3.05, 3.63) is 56.4 Å². The number of nitrogens with zero attached hydrogens (tertiary/aromatic N) is 1. The Balaban J connectivity index is 1.65. The van der Waals surface area contributed by atoms with Crippen molar-refractivity contribution in [2.75, 3.05) is 5.75 Å². The average molecular weight is 434 g/mol. The van der Waals surface area contributed by atoms with Crippen LogP contribution >= 0.6 is 23.1 Å². The van der Waals surface area contributed by atoms with Crippen molar-refractivity contribution in [2.24, 2.45) is 5.92 Å². The summed E-state index contributed by atoms with van der Waals surface area (Å²) in [6, 6.07) is 5.98. The summed E-state index contributed by atoms with van der Waals surface area (Å²) in [7, 11) is 0. The quantitative estimate of drug-likeness (QED) is 0.407. The molecule has 29 heavy (non-hydrogen) atoms. The van der Waals surface area contributed by atoms with Crippen LogP contribution in [0.5, 0.6) is 0 Å². The number of H-pyrrole nitrogens is 1. The van der Waals surface area contributed by atoms with Crippen molar-refractivity contribution < 1.29 is 9.18 Å². The summed E-state index contributed by atoms with van der Waals surface area (Å²) < 4.78 is 12.9. The predicted octanol–water partition coefficient (Wildman–Crippen LogP) is 4.43. The first-order chi connectivity index (χ1) is 13.9. The molecule has 0 fully saturated rings. The number of hydrogen-bond acceptors (Lipinski definition) is 5. The molecule has 0 aliphatic carbocycles. The van der Waals surface area contributed by atoms with Gasteiger partial charge in [-0.25, -0.2) is 9.37 Å². The third kappa shape index (κ3) is 5.45. The highest BCUT2D eigenvalue weighted by atomic mass is 32.2. The van der Waals surface area contributed by atoms with E-state index in [0.29, 0.717) is 23.0 Å². The van der Waals surface area contributed by atoms with Gasteiger partial charge >= 0.3 is 0 Å². The minimum atomic E-state index is -0.308. The second-order valence-corrected chi connectivity index (χ2v) is 9.26. The molecule has 5 nitrogen and oxygen atoms in total. The molecule has 154 valence electrons. The number of thioether (sulfide) groups is 1. The number of rotatable bonds is 8. The molecule has 1 aromatic carbocycles. The molecular weight excluding hydrogens is 409 g/mol. The van der Waals surface area contributed by atoms with Crippen LogP contribution in [0.3, 0.4) is 0 Å². The number of hydrogen-bond donors (Lipinski definition) is 2. The van der Waals surface area contributed by atoms with Gasteiger partial charge < -0.3 is 10.3 Å². The molecule has 1 atom stereocenters. The Labute approximate surface area is 177 Å². The van der Waals surface area contributed by atoms with Crippen LogP contribution in [-0.4, -0.2) is 21.6 Å². The maximum Gasteiger partial charge on any atom is 0.260 e. The lowest BCUT2D eigenvalue weighted by atomic mass is 9.98. The van der Waals surface area contributed by atoms with Gasteiger partial charge in [-0.05, 0) is 42.5 Å². The molecule has 1 amide bonds. The summed E-state index contributed by atoms with van der Waals surface area (Å²) in [5, 5.41) is 3.90. The molecule has 0 saturated heterocycles.